The summed E-state index contributed by atoms with van der Waals surface area (Å²) < 4.78 is 14.2. The molecule has 22 heavy (non-hydrogen) atoms. The Hall–Kier alpha value is -0.634. The summed E-state index contributed by atoms with van der Waals surface area (Å²) in [6.07, 6.45) is 0. The normalized spacial score (nSPS) is 10.3. The Labute approximate surface area is 177 Å². The SMILES string of the molecule is O=C([O-])c1cc(-c2ccc(Br)cc2)nc2ccc(F)cc12.[K+]. The average Bonchev–Trinajstić information content (AvgIpc) is 2.46. The van der Waals surface area contributed by atoms with Crippen LogP contribution in [0.25, 0.3) is 22.2 Å². The molecule has 104 valence electrons. The number of rotatable bonds is 2. The molecule has 2 aromatic carbocycles. The first-order chi connectivity index (χ1) is 10.0. The molecule has 0 saturated heterocycles. The Bertz CT molecular complexity index is 853. The maximum atomic E-state index is 13.3. The quantitative estimate of drug-likeness (QED) is 0.592. The number of nitrogens with zero attached hydrogens (tertiary/aromatic N) is 1. The molecule has 0 saturated carbocycles. The molecule has 0 aliphatic heterocycles. The van der Waals surface area contributed by atoms with Gasteiger partial charge in [-0.15, -0.1) is 0 Å². The summed E-state index contributed by atoms with van der Waals surface area (Å²) in [6, 6.07) is 12.6. The number of aromatic nitrogens is 1. The molecule has 0 spiro atoms. The van der Waals surface area contributed by atoms with Crippen LogP contribution in [0, 0.1) is 5.82 Å². The summed E-state index contributed by atoms with van der Waals surface area (Å²) in [4.78, 5) is 15.7. The van der Waals surface area contributed by atoms with Crippen molar-refractivity contribution in [2.45, 2.75) is 0 Å². The van der Waals surface area contributed by atoms with Crippen molar-refractivity contribution in [2.24, 2.45) is 0 Å². The number of hydrogen-bond acceptors (Lipinski definition) is 3. The fraction of sp³-hybridized carbons (Fsp3) is 0. The van der Waals surface area contributed by atoms with Gasteiger partial charge in [0.25, 0.3) is 0 Å². The third-order valence-electron chi connectivity index (χ3n) is 3.13. The number of hydrogen-bond donors (Lipinski definition) is 0. The predicted octanol–water partition coefficient (Wildman–Crippen LogP) is 0.171. The first kappa shape index (κ1) is 17.7. The van der Waals surface area contributed by atoms with Gasteiger partial charge in [0.2, 0.25) is 0 Å². The molecule has 0 amide bonds. The number of halogens is 2. The average molecular weight is 384 g/mol. The van der Waals surface area contributed by atoms with Gasteiger partial charge in [0, 0.05) is 21.0 Å². The molecular formula is C16H8BrFKNO2. The number of aromatic carboxylic acids is 1. The van der Waals surface area contributed by atoms with E-state index in [1.165, 1.54) is 18.2 Å². The Balaban J connectivity index is 0.00000176. The number of carbonyl (C=O) groups is 1. The van der Waals surface area contributed by atoms with Crippen LogP contribution in [-0.2, 0) is 0 Å². The Kier molecular flexibility index (Phi) is 5.87. The van der Waals surface area contributed by atoms with Crippen LogP contribution in [0.3, 0.4) is 0 Å². The number of carbonyl (C=O) groups excluding carboxylic acids is 1. The summed E-state index contributed by atoms with van der Waals surface area (Å²) in [7, 11) is 0. The molecule has 0 aliphatic carbocycles. The van der Waals surface area contributed by atoms with Gasteiger partial charge in [-0.1, -0.05) is 28.1 Å². The second-order valence-electron chi connectivity index (χ2n) is 4.51. The number of fused-ring (bicyclic) bond motifs is 1. The van der Waals surface area contributed by atoms with E-state index in [0.717, 1.165) is 16.1 Å². The molecule has 1 heterocycles. The van der Waals surface area contributed by atoms with Crippen molar-refractivity contribution in [2.75, 3.05) is 0 Å². The molecular weight excluding hydrogens is 376 g/mol. The second kappa shape index (κ2) is 7.29. The van der Waals surface area contributed by atoms with E-state index in [1.807, 2.05) is 24.3 Å². The van der Waals surface area contributed by atoms with Gasteiger partial charge in [-0.05, 0) is 36.4 Å². The standard InChI is InChI=1S/C16H9BrFNO2.K/c17-10-3-1-9(2-4-10)15-8-13(16(20)21)12-7-11(18)5-6-14(12)19-15;/h1-8H,(H,20,21);/q;+1/p-1. The van der Waals surface area contributed by atoms with Crippen LogP contribution in [-0.4, -0.2) is 11.0 Å². The van der Waals surface area contributed by atoms with Gasteiger partial charge in [0.1, 0.15) is 5.82 Å². The van der Waals surface area contributed by atoms with E-state index in [4.69, 9.17) is 0 Å². The zero-order valence-electron chi connectivity index (χ0n) is 11.6. The van der Waals surface area contributed by atoms with E-state index in [2.05, 4.69) is 20.9 Å². The third-order valence-corrected chi connectivity index (χ3v) is 3.66. The number of benzene rings is 2. The first-order valence-electron chi connectivity index (χ1n) is 6.12. The van der Waals surface area contributed by atoms with Crippen molar-refractivity contribution < 1.29 is 65.7 Å². The molecule has 0 aliphatic rings. The summed E-state index contributed by atoms with van der Waals surface area (Å²) in [5.74, 6) is -1.87. The number of carboxylic acids is 1. The van der Waals surface area contributed by atoms with Crippen LogP contribution in [0.5, 0.6) is 0 Å². The fourth-order valence-electron chi connectivity index (χ4n) is 2.14. The van der Waals surface area contributed by atoms with E-state index in [1.54, 1.807) is 0 Å². The minimum atomic E-state index is -1.36. The maximum Gasteiger partial charge on any atom is 1.00 e. The second-order valence-corrected chi connectivity index (χ2v) is 5.43. The molecule has 3 aromatic rings. The van der Waals surface area contributed by atoms with Gasteiger partial charge in [0.05, 0.1) is 17.2 Å². The molecule has 0 unspecified atom stereocenters. The number of pyridine rings is 1. The smallest absolute Gasteiger partial charge is 0.545 e. The van der Waals surface area contributed by atoms with Gasteiger partial charge < -0.3 is 9.90 Å². The fourth-order valence-corrected chi connectivity index (χ4v) is 2.40. The Morgan fingerprint density at radius 3 is 2.41 bits per heavy atom. The van der Waals surface area contributed by atoms with E-state index in [0.29, 0.717) is 11.2 Å². The molecule has 3 nitrogen and oxygen atoms in total. The van der Waals surface area contributed by atoms with Gasteiger partial charge in [-0.2, -0.15) is 0 Å². The zero-order valence-corrected chi connectivity index (χ0v) is 16.3. The van der Waals surface area contributed by atoms with Gasteiger partial charge in [0.15, 0.2) is 0 Å². The van der Waals surface area contributed by atoms with Crippen LogP contribution in [0.15, 0.2) is 53.0 Å². The Morgan fingerprint density at radius 2 is 1.77 bits per heavy atom. The van der Waals surface area contributed by atoms with Crippen molar-refractivity contribution in [1.29, 1.82) is 0 Å². The van der Waals surface area contributed by atoms with E-state index in [-0.39, 0.29) is 62.3 Å². The van der Waals surface area contributed by atoms with Crippen LogP contribution in [0.1, 0.15) is 10.4 Å². The molecule has 0 bridgehead atoms. The largest absolute Gasteiger partial charge is 1.00 e. The van der Waals surface area contributed by atoms with Gasteiger partial charge in [-0.25, -0.2) is 9.37 Å². The van der Waals surface area contributed by atoms with Crippen LogP contribution >= 0.6 is 15.9 Å². The topological polar surface area (TPSA) is 53.0 Å². The monoisotopic (exact) mass is 383 g/mol. The van der Waals surface area contributed by atoms with Crippen molar-refractivity contribution in [3.05, 3.63) is 64.4 Å². The maximum absolute atomic E-state index is 13.3. The van der Waals surface area contributed by atoms with Crippen LogP contribution in [0.2, 0.25) is 0 Å². The summed E-state index contributed by atoms with van der Waals surface area (Å²) in [5.41, 5.74) is 1.61. The molecule has 0 N–H and O–H groups in total. The van der Waals surface area contributed by atoms with Gasteiger partial charge in [-0.3, -0.25) is 0 Å². The molecule has 6 heteroatoms. The minimum Gasteiger partial charge on any atom is -0.545 e. The van der Waals surface area contributed by atoms with Crippen LogP contribution < -0.4 is 56.5 Å². The predicted molar refractivity (Wildman–Crippen MR) is 79.2 cm³/mol. The van der Waals surface area contributed by atoms with Crippen molar-refractivity contribution in [3.63, 3.8) is 0 Å². The minimum absolute atomic E-state index is 0. The molecule has 0 atom stereocenters. The summed E-state index contributed by atoms with van der Waals surface area (Å²) >= 11 is 3.34. The van der Waals surface area contributed by atoms with Crippen molar-refractivity contribution in [1.82, 2.24) is 4.98 Å². The molecule has 1 aromatic heterocycles. The summed E-state index contributed by atoms with van der Waals surface area (Å²) in [5, 5.41) is 11.5. The molecule has 3 rings (SSSR count). The van der Waals surface area contributed by atoms with Gasteiger partial charge >= 0.3 is 51.4 Å². The van der Waals surface area contributed by atoms with Crippen molar-refractivity contribution >= 4 is 32.8 Å². The Morgan fingerprint density at radius 1 is 1.09 bits per heavy atom. The van der Waals surface area contributed by atoms with E-state index in [9.17, 15) is 14.3 Å². The zero-order chi connectivity index (χ0) is 15.0. The number of carboxylic acid groups (broad SMARTS) is 1. The molecule has 0 radical (unpaired) electrons. The molecule has 0 fully saturated rings. The first-order valence-corrected chi connectivity index (χ1v) is 6.91. The third kappa shape index (κ3) is 3.64. The van der Waals surface area contributed by atoms with E-state index < -0.39 is 11.8 Å². The van der Waals surface area contributed by atoms with Crippen molar-refractivity contribution in [3.8, 4) is 11.3 Å². The van der Waals surface area contributed by atoms with E-state index >= 15 is 0 Å². The van der Waals surface area contributed by atoms with Crippen LogP contribution in [0.4, 0.5) is 4.39 Å². The summed E-state index contributed by atoms with van der Waals surface area (Å²) in [6.45, 7) is 0.